The van der Waals surface area contributed by atoms with Crippen molar-refractivity contribution in [2.75, 3.05) is 32.0 Å². The van der Waals surface area contributed by atoms with Gasteiger partial charge in [0.2, 0.25) is 5.75 Å². The molecule has 0 radical (unpaired) electrons. The molecule has 0 aliphatic carbocycles. The van der Waals surface area contributed by atoms with Crippen LogP contribution < -0.4 is 24.8 Å². The molecule has 2 heterocycles. The third-order valence-corrected chi connectivity index (χ3v) is 5.02. The number of amides is 2. The largest absolute Gasteiger partial charge is 0.493 e. The highest BCUT2D eigenvalue weighted by atomic mass is 16.5. The summed E-state index contributed by atoms with van der Waals surface area (Å²) < 4.78 is 18.0. The van der Waals surface area contributed by atoms with Crippen molar-refractivity contribution >= 4 is 23.1 Å². The van der Waals surface area contributed by atoms with E-state index in [1.807, 2.05) is 60.1 Å². The third kappa shape index (κ3) is 4.15. The van der Waals surface area contributed by atoms with Gasteiger partial charge >= 0.3 is 6.03 Å². The Balaban J connectivity index is 1.54. The van der Waals surface area contributed by atoms with Gasteiger partial charge in [0, 0.05) is 35.8 Å². The van der Waals surface area contributed by atoms with Crippen molar-refractivity contribution < 1.29 is 19.0 Å². The molecule has 0 saturated carbocycles. The number of urea groups is 1. The number of rotatable bonds is 6. The molecule has 2 aromatic carbocycles. The van der Waals surface area contributed by atoms with E-state index in [4.69, 9.17) is 19.2 Å². The average Bonchev–Trinajstić information content (AvgIpc) is 3.24. The Labute approximate surface area is 185 Å². The maximum absolute atomic E-state index is 12.6. The highest BCUT2D eigenvalue weighted by Gasteiger charge is 2.15. The molecule has 0 fully saturated rings. The smallest absolute Gasteiger partial charge is 0.323 e. The van der Waals surface area contributed by atoms with Crippen LogP contribution >= 0.6 is 0 Å². The summed E-state index contributed by atoms with van der Waals surface area (Å²) in [6.45, 7) is 2.03. The lowest BCUT2D eigenvalue weighted by Gasteiger charge is -2.15. The molecule has 32 heavy (non-hydrogen) atoms. The summed E-state index contributed by atoms with van der Waals surface area (Å²) in [7, 11) is 4.57. The second-order valence-corrected chi connectivity index (χ2v) is 7.12. The van der Waals surface area contributed by atoms with E-state index < -0.39 is 6.03 Å². The highest BCUT2D eigenvalue weighted by Crippen LogP contribution is 2.40. The molecule has 8 heteroatoms. The number of hydrogen-bond donors (Lipinski definition) is 2. The molecule has 8 nitrogen and oxygen atoms in total. The van der Waals surface area contributed by atoms with E-state index in [1.54, 1.807) is 12.1 Å². The van der Waals surface area contributed by atoms with Gasteiger partial charge in [-0.1, -0.05) is 18.2 Å². The van der Waals surface area contributed by atoms with Crippen molar-refractivity contribution in [3.63, 3.8) is 0 Å². The molecule has 0 spiro atoms. The Morgan fingerprint density at radius 3 is 2.28 bits per heavy atom. The van der Waals surface area contributed by atoms with Crippen LogP contribution in [0.5, 0.6) is 17.2 Å². The van der Waals surface area contributed by atoms with Crippen LogP contribution in [-0.2, 0) is 0 Å². The van der Waals surface area contributed by atoms with Crippen molar-refractivity contribution in [2.24, 2.45) is 0 Å². The summed E-state index contributed by atoms with van der Waals surface area (Å²) in [4.78, 5) is 17.3. The van der Waals surface area contributed by atoms with Crippen LogP contribution in [0, 0.1) is 6.92 Å². The van der Waals surface area contributed by atoms with E-state index in [0.29, 0.717) is 28.6 Å². The van der Waals surface area contributed by atoms with E-state index in [1.165, 1.54) is 21.3 Å². The van der Waals surface area contributed by atoms with Crippen molar-refractivity contribution in [1.29, 1.82) is 0 Å². The van der Waals surface area contributed by atoms with Gasteiger partial charge in [-0.05, 0) is 30.7 Å². The zero-order chi connectivity index (χ0) is 22.7. The van der Waals surface area contributed by atoms with Gasteiger partial charge in [-0.25, -0.2) is 9.78 Å². The number of benzene rings is 2. The van der Waals surface area contributed by atoms with Crippen molar-refractivity contribution in [1.82, 2.24) is 9.38 Å². The lowest BCUT2D eigenvalue weighted by molar-refractivity contribution is 0.262. The van der Waals surface area contributed by atoms with Gasteiger partial charge in [0.15, 0.2) is 11.5 Å². The average molecular weight is 432 g/mol. The number of hydrogen-bond acceptors (Lipinski definition) is 5. The van der Waals surface area contributed by atoms with Crippen LogP contribution in [0.4, 0.5) is 16.2 Å². The summed E-state index contributed by atoms with van der Waals surface area (Å²) in [5, 5.41) is 5.65. The van der Waals surface area contributed by atoms with Crippen LogP contribution in [0.1, 0.15) is 5.56 Å². The zero-order valence-electron chi connectivity index (χ0n) is 18.3. The molecular formula is C24H24N4O4. The maximum atomic E-state index is 12.6. The molecule has 164 valence electrons. The molecule has 0 unspecified atom stereocenters. The monoisotopic (exact) mass is 432 g/mol. The normalized spacial score (nSPS) is 10.6. The van der Waals surface area contributed by atoms with Gasteiger partial charge in [0.25, 0.3) is 0 Å². The van der Waals surface area contributed by atoms with Gasteiger partial charge in [0.05, 0.1) is 32.7 Å². The molecular weight excluding hydrogens is 408 g/mol. The van der Waals surface area contributed by atoms with E-state index in [2.05, 4.69) is 10.6 Å². The fourth-order valence-electron chi connectivity index (χ4n) is 3.50. The first kappa shape index (κ1) is 21.0. The topological polar surface area (TPSA) is 86.1 Å². The first-order valence-electron chi connectivity index (χ1n) is 9.95. The first-order chi connectivity index (χ1) is 15.5. The molecule has 0 aliphatic rings. The fraction of sp³-hybridized carbons (Fsp3) is 0.167. The number of fused-ring (bicyclic) bond motifs is 1. The molecule has 0 saturated heterocycles. The van der Waals surface area contributed by atoms with Crippen molar-refractivity contribution in [2.45, 2.75) is 6.92 Å². The molecule has 4 rings (SSSR count). The molecule has 0 bridgehead atoms. The van der Waals surface area contributed by atoms with Crippen LogP contribution in [0.15, 0.2) is 60.9 Å². The molecule has 0 aliphatic heterocycles. The number of carbonyl (C=O) groups is 1. The number of aryl methyl sites for hydroxylation is 1. The Morgan fingerprint density at radius 2 is 1.62 bits per heavy atom. The minimum absolute atomic E-state index is 0.401. The van der Waals surface area contributed by atoms with E-state index in [9.17, 15) is 4.79 Å². The molecule has 0 atom stereocenters. The lowest BCUT2D eigenvalue weighted by Crippen LogP contribution is -2.19. The molecule has 2 aromatic heterocycles. The predicted octanol–water partition coefficient (Wildman–Crippen LogP) is 4.98. The van der Waals surface area contributed by atoms with Crippen molar-refractivity contribution in [3.8, 4) is 28.5 Å². The van der Waals surface area contributed by atoms with Gasteiger partial charge in [-0.15, -0.1) is 0 Å². The Morgan fingerprint density at radius 1 is 0.906 bits per heavy atom. The number of carbonyl (C=O) groups excluding carboxylic acids is 1. The fourth-order valence-corrected chi connectivity index (χ4v) is 3.50. The van der Waals surface area contributed by atoms with Crippen LogP contribution in [0.2, 0.25) is 0 Å². The second kappa shape index (κ2) is 8.89. The summed E-state index contributed by atoms with van der Waals surface area (Å²) in [6.07, 6.45) is 3.93. The second-order valence-electron chi connectivity index (χ2n) is 7.12. The Kier molecular flexibility index (Phi) is 5.85. The number of nitrogens with zero attached hydrogens (tertiary/aromatic N) is 2. The molecule has 2 N–H and O–H groups in total. The maximum Gasteiger partial charge on any atom is 0.323 e. The summed E-state index contributed by atoms with van der Waals surface area (Å²) in [5.41, 5.74) is 4.87. The zero-order valence-corrected chi connectivity index (χ0v) is 18.3. The predicted molar refractivity (Wildman–Crippen MR) is 124 cm³/mol. The number of anilines is 2. The number of ether oxygens (including phenoxy) is 3. The minimum Gasteiger partial charge on any atom is -0.493 e. The highest BCUT2D eigenvalue weighted by molar-refractivity contribution is 6.00. The lowest BCUT2D eigenvalue weighted by atomic mass is 10.1. The van der Waals surface area contributed by atoms with Gasteiger partial charge < -0.3 is 29.2 Å². The molecule has 4 aromatic rings. The van der Waals surface area contributed by atoms with Crippen LogP contribution in [0.3, 0.4) is 0 Å². The van der Waals surface area contributed by atoms with E-state index in [0.717, 1.165) is 22.5 Å². The van der Waals surface area contributed by atoms with Gasteiger partial charge in [-0.2, -0.15) is 0 Å². The Bertz CT molecular complexity index is 1260. The number of pyridine rings is 1. The van der Waals surface area contributed by atoms with Gasteiger partial charge in [0.1, 0.15) is 5.65 Å². The summed E-state index contributed by atoms with van der Waals surface area (Å²) >= 11 is 0. The Hall–Kier alpha value is -4.20. The minimum atomic E-state index is -0.401. The quantitative estimate of drug-likeness (QED) is 0.449. The number of aromatic nitrogens is 2. The first-order valence-corrected chi connectivity index (χ1v) is 9.95. The van der Waals surface area contributed by atoms with Gasteiger partial charge in [-0.3, -0.25) is 0 Å². The van der Waals surface area contributed by atoms with E-state index >= 15 is 0 Å². The SMILES string of the molecule is COc1cc(NC(=O)Nc2cccc(-c3cn4cccc(C)c4n3)c2)cc(OC)c1OC. The summed E-state index contributed by atoms with van der Waals surface area (Å²) in [6, 6.07) is 14.5. The van der Waals surface area contributed by atoms with Crippen LogP contribution in [-0.4, -0.2) is 36.7 Å². The van der Waals surface area contributed by atoms with Crippen molar-refractivity contribution in [3.05, 3.63) is 66.5 Å². The van der Waals surface area contributed by atoms with Crippen LogP contribution in [0.25, 0.3) is 16.9 Å². The molecule has 2 amide bonds. The number of methoxy groups -OCH3 is 3. The number of imidazole rings is 1. The summed E-state index contributed by atoms with van der Waals surface area (Å²) in [5.74, 6) is 1.36. The number of nitrogens with one attached hydrogen (secondary N) is 2. The van der Waals surface area contributed by atoms with E-state index in [-0.39, 0.29) is 0 Å². The standard InChI is InChI=1S/C24H24N4O4/c1-15-7-6-10-28-14-19(27-23(15)28)16-8-5-9-17(11-16)25-24(29)26-18-12-20(30-2)22(32-4)21(13-18)31-3/h5-14H,1-4H3,(H2,25,26,29). The third-order valence-electron chi connectivity index (χ3n) is 5.02.